The lowest BCUT2D eigenvalue weighted by molar-refractivity contribution is -0.130. The van der Waals surface area contributed by atoms with Crippen molar-refractivity contribution in [1.29, 1.82) is 0 Å². The maximum atomic E-state index is 12.9. The largest absolute Gasteiger partial charge is 0.373 e. The molecule has 8 heteroatoms. The van der Waals surface area contributed by atoms with Gasteiger partial charge in [-0.05, 0) is 24.5 Å². The topological polar surface area (TPSA) is 94.2 Å². The number of nitrogens with zero attached hydrogens (tertiary/aromatic N) is 4. The number of aromatic amines is 1. The number of hydrogen-bond donors (Lipinski definition) is 2. The first-order valence-electron chi connectivity index (χ1n) is 10.6. The molecule has 0 radical (unpaired) electrons. The molecular formula is C23H28N6O2. The van der Waals surface area contributed by atoms with E-state index >= 15 is 0 Å². The number of nitrogens with one attached hydrogen (secondary N) is 2. The highest BCUT2D eigenvalue weighted by Gasteiger charge is 2.30. The Labute approximate surface area is 181 Å². The molecule has 1 fully saturated rings. The molecule has 1 atom stereocenters. The van der Waals surface area contributed by atoms with Gasteiger partial charge in [-0.15, -0.1) is 0 Å². The fraction of sp³-hybridized carbons (Fsp3) is 0.391. The van der Waals surface area contributed by atoms with Crippen LogP contribution in [0.25, 0.3) is 10.9 Å². The first-order valence-corrected chi connectivity index (χ1v) is 10.6. The molecule has 1 unspecified atom stereocenters. The van der Waals surface area contributed by atoms with E-state index in [-0.39, 0.29) is 17.9 Å². The quantitative estimate of drug-likeness (QED) is 0.640. The molecule has 31 heavy (non-hydrogen) atoms. The van der Waals surface area contributed by atoms with Crippen LogP contribution in [-0.2, 0) is 22.6 Å². The number of fused-ring (bicyclic) bond motifs is 1. The van der Waals surface area contributed by atoms with Crippen LogP contribution in [0.1, 0.15) is 42.9 Å². The minimum Gasteiger partial charge on any atom is -0.373 e. The lowest BCUT2D eigenvalue weighted by Crippen LogP contribution is -2.30. The fourth-order valence-corrected chi connectivity index (χ4v) is 4.19. The molecule has 2 aromatic heterocycles. The van der Waals surface area contributed by atoms with Crippen molar-refractivity contribution in [2.45, 2.75) is 38.8 Å². The molecular weight excluding hydrogens is 392 g/mol. The van der Waals surface area contributed by atoms with E-state index in [1.165, 1.54) is 0 Å². The van der Waals surface area contributed by atoms with Gasteiger partial charge >= 0.3 is 0 Å². The number of aromatic nitrogens is 3. The monoisotopic (exact) mass is 420 g/mol. The minimum absolute atomic E-state index is 0.0159. The van der Waals surface area contributed by atoms with Crippen LogP contribution in [0.4, 0.5) is 5.82 Å². The second kappa shape index (κ2) is 8.75. The van der Waals surface area contributed by atoms with E-state index in [9.17, 15) is 9.59 Å². The van der Waals surface area contributed by atoms with Crippen LogP contribution in [0.15, 0.2) is 36.5 Å². The zero-order valence-electron chi connectivity index (χ0n) is 18.2. The van der Waals surface area contributed by atoms with Crippen LogP contribution in [0, 0.1) is 0 Å². The van der Waals surface area contributed by atoms with Crippen molar-refractivity contribution in [1.82, 2.24) is 24.8 Å². The van der Waals surface area contributed by atoms with Gasteiger partial charge in [-0.2, -0.15) is 0 Å². The van der Waals surface area contributed by atoms with Crippen molar-refractivity contribution in [3.63, 3.8) is 0 Å². The maximum absolute atomic E-state index is 12.9. The number of carbonyl (C=O) groups excluding carboxylic acids is 2. The Balaban J connectivity index is 1.51. The van der Waals surface area contributed by atoms with E-state index in [2.05, 4.69) is 15.3 Å². The summed E-state index contributed by atoms with van der Waals surface area (Å²) < 4.78 is 0. The summed E-state index contributed by atoms with van der Waals surface area (Å²) in [7, 11) is 3.59. The minimum atomic E-state index is -0.114. The summed E-state index contributed by atoms with van der Waals surface area (Å²) >= 11 is 0. The van der Waals surface area contributed by atoms with Gasteiger partial charge in [-0.25, -0.2) is 9.97 Å². The zero-order valence-corrected chi connectivity index (χ0v) is 18.2. The normalized spacial score (nSPS) is 16.0. The Kier molecular flexibility index (Phi) is 5.88. The number of rotatable bonds is 6. The van der Waals surface area contributed by atoms with Crippen LogP contribution < -0.4 is 5.32 Å². The summed E-state index contributed by atoms with van der Waals surface area (Å²) in [4.78, 5) is 40.9. The van der Waals surface area contributed by atoms with Crippen LogP contribution >= 0.6 is 0 Å². The highest BCUT2D eigenvalue weighted by molar-refractivity contribution is 5.88. The van der Waals surface area contributed by atoms with Crippen LogP contribution in [0.2, 0.25) is 0 Å². The number of H-pyrrole nitrogens is 1. The van der Waals surface area contributed by atoms with Crippen LogP contribution in [-0.4, -0.2) is 57.2 Å². The van der Waals surface area contributed by atoms with Crippen molar-refractivity contribution in [2.75, 3.05) is 26.0 Å². The van der Waals surface area contributed by atoms with Gasteiger partial charge in [-0.3, -0.25) is 9.59 Å². The predicted molar refractivity (Wildman–Crippen MR) is 119 cm³/mol. The standard InChI is InChI=1S/C23H28N6O2/c1-15(30)29-10-6-9-20(29)23-26-17(12-21(24-2)27-23)14-28(3)22(31)11-16-13-25-19-8-5-4-7-18(16)19/h4-5,7-8,12-13,20,25H,6,9-11,14H2,1-3H3,(H,24,26,27). The molecule has 1 aliphatic rings. The van der Waals surface area contributed by atoms with Gasteiger partial charge < -0.3 is 20.1 Å². The number of carbonyl (C=O) groups is 2. The molecule has 8 nitrogen and oxygen atoms in total. The van der Waals surface area contributed by atoms with Crippen LogP contribution in [0.5, 0.6) is 0 Å². The summed E-state index contributed by atoms with van der Waals surface area (Å²) in [6.45, 7) is 2.68. The Morgan fingerprint density at radius 2 is 2.10 bits per heavy atom. The van der Waals surface area contributed by atoms with Crippen molar-refractivity contribution >= 4 is 28.5 Å². The van der Waals surface area contributed by atoms with Crippen molar-refractivity contribution < 1.29 is 9.59 Å². The lowest BCUT2D eigenvalue weighted by Gasteiger charge is -2.23. The molecule has 3 aromatic rings. The molecule has 3 heterocycles. The van der Waals surface area contributed by atoms with E-state index in [0.29, 0.717) is 24.6 Å². The van der Waals surface area contributed by atoms with E-state index in [1.807, 2.05) is 41.4 Å². The molecule has 0 bridgehead atoms. The number of likely N-dealkylation sites (tertiary alicyclic amines) is 1. The smallest absolute Gasteiger partial charge is 0.227 e. The Morgan fingerprint density at radius 3 is 2.87 bits per heavy atom. The summed E-state index contributed by atoms with van der Waals surface area (Å²) in [6, 6.07) is 9.71. The van der Waals surface area contributed by atoms with Crippen LogP contribution in [0.3, 0.4) is 0 Å². The van der Waals surface area contributed by atoms with Gasteiger partial charge in [-0.1, -0.05) is 18.2 Å². The molecule has 1 aromatic carbocycles. The summed E-state index contributed by atoms with van der Waals surface area (Å²) in [5.41, 5.74) is 2.76. The third-order valence-corrected chi connectivity index (χ3v) is 5.85. The number of para-hydroxylation sites is 1. The summed E-state index contributed by atoms with van der Waals surface area (Å²) in [5, 5.41) is 4.14. The molecule has 1 aliphatic heterocycles. The summed E-state index contributed by atoms with van der Waals surface area (Å²) in [5.74, 6) is 1.37. The average Bonchev–Trinajstić information content (AvgIpc) is 3.41. The molecule has 0 saturated carbocycles. The Hall–Kier alpha value is -3.42. The van der Waals surface area contributed by atoms with E-state index in [1.54, 1.807) is 25.9 Å². The Morgan fingerprint density at radius 1 is 1.29 bits per heavy atom. The van der Waals surface area contributed by atoms with Crippen molar-refractivity contribution in [3.05, 3.63) is 53.6 Å². The van der Waals surface area contributed by atoms with Crippen molar-refractivity contribution in [3.8, 4) is 0 Å². The SMILES string of the molecule is CNc1cc(CN(C)C(=O)Cc2c[nH]c3ccccc23)nc(C2CCCN2C(C)=O)n1. The number of anilines is 1. The fourth-order valence-electron chi connectivity index (χ4n) is 4.19. The first-order chi connectivity index (χ1) is 15.0. The number of amides is 2. The highest BCUT2D eigenvalue weighted by Crippen LogP contribution is 2.30. The van der Waals surface area contributed by atoms with Gasteiger partial charge in [0, 0.05) is 50.7 Å². The van der Waals surface area contributed by atoms with Gasteiger partial charge in [0.05, 0.1) is 24.7 Å². The molecule has 0 spiro atoms. The number of benzene rings is 1. The van der Waals surface area contributed by atoms with E-state index in [4.69, 9.17) is 4.98 Å². The molecule has 4 rings (SSSR count). The first kappa shape index (κ1) is 20.8. The Bertz CT molecular complexity index is 1110. The van der Waals surface area contributed by atoms with E-state index < -0.39 is 0 Å². The van der Waals surface area contributed by atoms with Gasteiger partial charge in [0.2, 0.25) is 11.8 Å². The molecule has 162 valence electrons. The zero-order chi connectivity index (χ0) is 22.0. The highest BCUT2D eigenvalue weighted by atomic mass is 16.2. The van der Waals surface area contributed by atoms with Crippen molar-refractivity contribution in [2.24, 2.45) is 0 Å². The second-order valence-corrected chi connectivity index (χ2v) is 8.01. The van der Waals surface area contributed by atoms with E-state index in [0.717, 1.165) is 41.5 Å². The average molecular weight is 421 g/mol. The number of likely N-dealkylation sites (N-methyl/N-ethyl adjacent to an activating group) is 1. The number of hydrogen-bond acceptors (Lipinski definition) is 5. The summed E-state index contributed by atoms with van der Waals surface area (Å²) in [6.07, 6.45) is 4.00. The third kappa shape index (κ3) is 4.38. The third-order valence-electron chi connectivity index (χ3n) is 5.85. The lowest BCUT2D eigenvalue weighted by atomic mass is 10.1. The predicted octanol–water partition coefficient (Wildman–Crippen LogP) is 2.88. The molecule has 0 aliphatic carbocycles. The van der Waals surface area contributed by atoms with Gasteiger partial charge in [0.1, 0.15) is 5.82 Å². The molecule has 2 N–H and O–H groups in total. The van der Waals surface area contributed by atoms with Gasteiger partial charge in [0.25, 0.3) is 0 Å². The van der Waals surface area contributed by atoms with Gasteiger partial charge in [0.15, 0.2) is 5.82 Å². The molecule has 1 saturated heterocycles. The molecule has 2 amide bonds. The second-order valence-electron chi connectivity index (χ2n) is 8.01. The maximum Gasteiger partial charge on any atom is 0.227 e.